The molecule has 1 aliphatic heterocycles. The van der Waals surface area contributed by atoms with Crippen molar-refractivity contribution in [3.63, 3.8) is 0 Å². The first-order chi connectivity index (χ1) is 19.8. The van der Waals surface area contributed by atoms with Crippen LogP contribution in [0.4, 0.5) is 4.39 Å². The molecule has 0 spiro atoms. The standard InChI is InChI=1S/C33H33FN4O3/c1-21-16-37(17-22(2)41-21)18-24-3-6-25-12-27(13-26(25)11-24)31-14-30(9-10-32(31)39)36-33(40)28-15-35-38(20-28)19-23-4-7-29(34)8-5-23/h3-9,11,13-15,20-22H,10,12,16-19H2,1-2H3,(H,36,40)/t21-,22+. The lowest BCUT2D eigenvalue weighted by molar-refractivity contribution is -0.114. The van der Waals surface area contributed by atoms with Crippen LogP contribution >= 0.6 is 0 Å². The zero-order valence-electron chi connectivity index (χ0n) is 23.3. The number of halogens is 1. The number of rotatable bonds is 7. The minimum Gasteiger partial charge on any atom is -0.373 e. The van der Waals surface area contributed by atoms with Gasteiger partial charge in [-0.1, -0.05) is 42.5 Å². The minimum atomic E-state index is -0.299. The number of hydrogen-bond acceptors (Lipinski definition) is 5. The second-order valence-electron chi connectivity index (χ2n) is 11.2. The van der Waals surface area contributed by atoms with Gasteiger partial charge in [-0.25, -0.2) is 4.39 Å². The van der Waals surface area contributed by atoms with E-state index in [0.29, 0.717) is 29.8 Å². The summed E-state index contributed by atoms with van der Waals surface area (Å²) in [5.74, 6) is -0.548. The van der Waals surface area contributed by atoms with Gasteiger partial charge in [0.15, 0.2) is 5.78 Å². The number of fused-ring (bicyclic) bond motifs is 1. The Morgan fingerprint density at radius 1 is 1.05 bits per heavy atom. The molecule has 1 fully saturated rings. The van der Waals surface area contributed by atoms with E-state index in [2.05, 4.69) is 53.4 Å². The van der Waals surface area contributed by atoms with E-state index < -0.39 is 0 Å². The van der Waals surface area contributed by atoms with Crippen molar-refractivity contribution in [2.24, 2.45) is 0 Å². The summed E-state index contributed by atoms with van der Waals surface area (Å²) in [6.07, 6.45) is 10.2. The van der Waals surface area contributed by atoms with Crippen molar-refractivity contribution in [1.82, 2.24) is 20.0 Å². The van der Waals surface area contributed by atoms with Crippen LogP contribution in [0.15, 0.2) is 83.9 Å². The second kappa shape index (κ2) is 11.4. The second-order valence-corrected chi connectivity index (χ2v) is 11.2. The highest BCUT2D eigenvalue weighted by molar-refractivity contribution is 6.04. The molecule has 1 amide bonds. The minimum absolute atomic E-state index is 0.0469. The number of morpholine rings is 1. The number of aromatic nitrogens is 2. The third kappa shape index (κ3) is 6.29. The topological polar surface area (TPSA) is 76.5 Å². The number of ether oxygens (including phenoxy) is 1. The third-order valence-corrected chi connectivity index (χ3v) is 7.69. The lowest BCUT2D eigenvalue weighted by Crippen LogP contribution is -2.44. The van der Waals surface area contributed by atoms with Gasteiger partial charge in [0.05, 0.1) is 30.5 Å². The van der Waals surface area contributed by atoms with Crippen LogP contribution < -0.4 is 5.32 Å². The predicted octanol–water partition coefficient (Wildman–Crippen LogP) is 4.83. The average molecular weight is 553 g/mol. The number of ketones is 1. The van der Waals surface area contributed by atoms with E-state index >= 15 is 0 Å². The predicted molar refractivity (Wildman–Crippen MR) is 154 cm³/mol. The zero-order chi connectivity index (χ0) is 28.5. The molecule has 1 N–H and O–H groups in total. The number of carbonyl (C=O) groups excluding carboxylic acids is 2. The number of carbonyl (C=O) groups is 2. The smallest absolute Gasteiger partial charge is 0.258 e. The van der Waals surface area contributed by atoms with Crippen LogP contribution in [0, 0.1) is 5.82 Å². The molecule has 1 aromatic heterocycles. The Hall–Kier alpha value is -4.14. The first-order valence-electron chi connectivity index (χ1n) is 14.0. The molecular formula is C33H33FN4O3. The van der Waals surface area contributed by atoms with Gasteiger partial charge in [-0.05, 0) is 66.3 Å². The highest BCUT2D eigenvalue weighted by atomic mass is 19.1. The van der Waals surface area contributed by atoms with Crippen LogP contribution in [0.2, 0.25) is 0 Å². The van der Waals surface area contributed by atoms with Crippen LogP contribution in [-0.4, -0.2) is 51.7 Å². The summed E-state index contributed by atoms with van der Waals surface area (Å²) in [4.78, 5) is 28.3. The van der Waals surface area contributed by atoms with Gasteiger partial charge in [0.2, 0.25) is 0 Å². The van der Waals surface area contributed by atoms with Crippen molar-refractivity contribution < 1.29 is 18.7 Å². The third-order valence-electron chi connectivity index (χ3n) is 7.69. The summed E-state index contributed by atoms with van der Waals surface area (Å²) < 4.78 is 20.7. The number of Topliss-reactive ketones (excluding diaryl/α,β-unsaturated/α-hetero) is 1. The molecule has 0 radical (unpaired) electrons. The molecule has 2 aromatic carbocycles. The molecular weight excluding hydrogens is 519 g/mol. The molecule has 3 aliphatic rings. The fourth-order valence-electron chi connectivity index (χ4n) is 5.84. The molecule has 0 bridgehead atoms. The van der Waals surface area contributed by atoms with Gasteiger partial charge in [-0.15, -0.1) is 0 Å². The fourth-order valence-corrected chi connectivity index (χ4v) is 5.84. The summed E-state index contributed by atoms with van der Waals surface area (Å²) in [5, 5.41) is 7.19. The van der Waals surface area contributed by atoms with Gasteiger partial charge in [0.1, 0.15) is 5.82 Å². The maximum absolute atomic E-state index is 13.2. The number of amides is 1. The SMILES string of the molecule is C[C@@H]1CN(Cc2ccc3c(c2)C=C(C2=CC(NC(=O)c4cnn(Cc5ccc(F)cc5)c4)=CCC2=O)C3)C[C@H](C)O1. The molecule has 3 aromatic rings. The van der Waals surface area contributed by atoms with Gasteiger partial charge < -0.3 is 10.1 Å². The van der Waals surface area contributed by atoms with Crippen molar-refractivity contribution in [3.8, 4) is 0 Å². The van der Waals surface area contributed by atoms with Gasteiger partial charge in [-0.3, -0.25) is 19.2 Å². The van der Waals surface area contributed by atoms with Crippen molar-refractivity contribution in [2.75, 3.05) is 13.1 Å². The Balaban J connectivity index is 1.12. The van der Waals surface area contributed by atoms with Crippen molar-refractivity contribution >= 4 is 17.8 Å². The van der Waals surface area contributed by atoms with E-state index in [0.717, 1.165) is 36.3 Å². The molecule has 2 atom stereocenters. The molecule has 2 aliphatic carbocycles. The van der Waals surface area contributed by atoms with E-state index in [1.807, 2.05) is 0 Å². The maximum Gasteiger partial charge on any atom is 0.258 e. The van der Waals surface area contributed by atoms with Crippen LogP contribution in [0.3, 0.4) is 0 Å². The Morgan fingerprint density at radius 2 is 1.80 bits per heavy atom. The fraction of sp³-hybridized carbons (Fsp3) is 0.303. The van der Waals surface area contributed by atoms with Crippen molar-refractivity contribution in [2.45, 2.75) is 52.0 Å². The van der Waals surface area contributed by atoms with E-state index in [4.69, 9.17) is 4.74 Å². The average Bonchev–Trinajstić information content (AvgIpc) is 3.57. The molecule has 1 saturated heterocycles. The summed E-state index contributed by atoms with van der Waals surface area (Å²) in [6.45, 7) is 7.36. The molecule has 210 valence electrons. The molecule has 41 heavy (non-hydrogen) atoms. The summed E-state index contributed by atoms with van der Waals surface area (Å²) in [7, 11) is 0. The van der Waals surface area contributed by atoms with E-state index in [1.165, 1.54) is 29.5 Å². The Labute approximate surface area is 239 Å². The zero-order valence-corrected chi connectivity index (χ0v) is 23.3. The molecule has 0 unspecified atom stereocenters. The number of nitrogens with zero attached hydrogens (tertiary/aromatic N) is 3. The van der Waals surface area contributed by atoms with Crippen molar-refractivity contribution in [1.29, 1.82) is 0 Å². The van der Waals surface area contributed by atoms with Gasteiger partial charge >= 0.3 is 0 Å². The Kier molecular flexibility index (Phi) is 7.51. The highest BCUT2D eigenvalue weighted by Gasteiger charge is 2.25. The number of nitrogens with one attached hydrogen (secondary N) is 1. The normalized spacial score (nSPS) is 20.8. The molecule has 0 saturated carbocycles. The van der Waals surface area contributed by atoms with Crippen LogP contribution in [0.5, 0.6) is 0 Å². The van der Waals surface area contributed by atoms with Crippen LogP contribution in [-0.2, 0) is 29.0 Å². The monoisotopic (exact) mass is 552 g/mol. The number of benzene rings is 2. The maximum atomic E-state index is 13.2. The number of allylic oxidation sites excluding steroid dienone is 4. The summed E-state index contributed by atoms with van der Waals surface area (Å²) >= 11 is 0. The quantitative estimate of drug-likeness (QED) is 0.454. The van der Waals surface area contributed by atoms with Crippen molar-refractivity contribution in [3.05, 3.63) is 117 Å². The van der Waals surface area contributed by atoms with Crippen LogP contribution in [0.1, 0.15) is 52.9 Å². The van der Waals surface area contributed by atoms with Gasteiger partial charge in [0, 0.05) is 43.5 Å². The van der Waals surface area contributed by atoms with Crippen LogP contribution in [0.25, 0.3) is 6.08 Å². The number of hydrogen-bond donors (Lipinski definition) is 1. The van der Waals surface area contributed by atoms with Gasteiger partial charge in [0.25, 0.3) is 5.91 Å². The summed E-state index contributed by atoms with van der Waals surface area (Å²) in [5.41, 5.74) is 7.10. The highest BCUT2D eigenvalue weighted by Crippen LogP contribution is 2.33. The first-order valence-corrected chi connectivity index (χ1v) is 14.0. The van der Waals surface area contributed by atoms with E-state index in [-0.39, 0.29) is 36.1 Å². The molecule has 2 heterocycles. The lowest BCUT2D eigenvalue weighted by atomic mass is 9.93. The summed E-state index contributed by atoms with van der Waals surface area (Å²) in [6, 6.07) is 12.7. The largest absolute Gasteiger partial charge is 0.373 e. The molecule has 7 nitrogen and oxygen atoms in total. The first kappa shape index (κ1) is 27.1. The Bertz CT molecular complexity index is 1570. The van der Waals surface area contributed by atoms with Gasteiger partial charge in [-0.2, -0.15) is 5.10 Å². The lowest BCUT2D eigenvalue weighted by Gasteiger charge is -2.35. The molecule has 8 heteroatoms. The van der Waals surface area contributed by atoms with E-state index in [9.17, 15) is 14.0 Å². The Morgan fingerprint density at radius 3 is 2.59 bits per heavy atom. The molecule has 6 rings (SSSR count). The van der Waals surface area contributed by atoms with E-state index in [1.54, 1.807) is 35.2 Å².